The summed E-state index contributed by atoms with van der Waals surface area (Å²) in [4.78, 5) is 12.5. The average molecular weight is 397 g/mol. The zero-order chi connectivity index (χ0) is 20.8. The van der Waals surface area contributed by atoms with E-state index in [0.717, 1.165) is 24.0 Å². The number of aromatic nitrogens is 2. The van der Waals surface area contributed by atoms with Crippen LogP contribution in [0.25, 0.3) is 22.9 Å². The minimum Gasteiger partial charge on any atom is -0.416 e. The fourth-order valence-electron chi connectivity index (χ4n) is 3.21. The van der Waals surface area contributed by atoms with E-state index in [0.29, 0.717) is 17.3 Å². The van der Waals surface area contributed by atoms with Crippen molar-refractivity contribution in [3.63, 3.8) is 0 Å². The molecule has 30 heavy (non-hydrogen) atoms. The van der Waals surface area contributed by atoms with Crippen molar-refractivity contribution in [2.45, 2.75) is 25.8 Å². The van der Waals surface area contributed by atoms with Gasteiger partial charge in [-0.3, -0.25) is 4.79 Å². The molecule has 150 valence electrons. The smallest absolute Gasteiger partial charge is 0.251 e. The second kappa shape index (κ2) is 9.18. The normalized spacial score (nSPS) is 11.8. The van der Waals surface area contributed by atoms with Gasteiger partial charge in [0.2, 0.25) is 11.8 Å². The molecule has 3 aromatic carbocycles. The third-order valence-corrected chi connectivity index (χ3v) is 4.93. The van der Waals surface area contributed by atoms with Gasteiger partial charge in [-0.15, -0.1) is 10.2 Å². The van der Waals surface area contributed by atoms with Crippen molar-refractivity contribution in [2.24, 2.45) is 0 Å². The maximum atomic E-state index is 12.5. The number of nitrogens with zero attached hydrogens (tertiary/aromatic N) is 2. The number of benzene rings is 3. The van der Waals surface area contributed by atoms with Gasteiger partial charge in [-0.1, -0.05) is 48.5 Å². The molecule has 0 aliphatic rings. The third-order valence-electron chi connectivity index (χ3n) is 4.93. The van der Waals surface area contributed by atoms with E-state index in [1.54, 1.807) is 12.1 Å². The summed E-state index contributed by atoms with van der Waals surface area (Å²) >= 11 is 0. The topological polar surface area (TPSA) is 68.0 Å². The molecule has 1 heterocycles. The van der Waals surface area contributed by atoms with Crippen molar-refractivity contribution in [1.29, 1.82) is 0 Å². The Hall–Kier alpha value is -3.73. The Kier molecular flexibility index (Phi) is 5.99. The molecule has 5 heteroatoms. The molecular formula is C25H23N3O2. The Morgan fingerprint density at radius 1 is 0.833 bits per heavy atom. The van der Waals surface area contributed by atoms with Crippen molar-refractivity contribution < 1.29 is 9.21 Å². The first-order valence-corrected chi connectivity index (χ1v) is 10.0. The van der Waals surface area contributed by atoms with Crippen LogP contribution in [0, 0.1) is 0 Å². The van der Waals surface area contributed by atoms with Crippen LogP contribution in [-0.4, -0.2) is 22.1 Å². The van der Waals surface area contributed by atoms with Gasteiger partial charge in [-0.25, -0.2) is 0 Å². The summed E-state index contributed by atoms with van der Waals surface area (Å²) in [7, 11) is 0. The van der Waals surface area contributed by atoms with E-state index in [1.807, 2.05) is 67.6 Å². The van der Waals surface area contributed by atoms with Crippen LogP contribution in [0.1, 0.15) is 29.3 Å². The lowest BCUT2D eigenvalue weighted by molar-refractivity contribution is 0.0938. The summed E-state index contributed by atoms with van der Waals surface area (Å²) < 4.78 is 5.77. The monoisotopic (exact) mass is 397 g/mol. The second-order valence-corrected chi connectivity index (χ2v) is 7.25. The van der Waals surface area contributed by atoms with E-state index >= 15 is 0 Å². The molecule has 1 N–H and O–H groups in total. The highest BCUT2D eigenvalue weighted by Gasteiger charge is 2.13. The standard InChI is InChI=1S/C25H23N3O2/c1-18(12-13-19-8-4-2-5-9-19)26-23(29)20-14-16-22(17-15-20)25-28-27-24(30-25)21-10-6-3-7-11-21/h2-11,14-18H,12-13H2,1H3,(H,26,29). The first kappa shape index (κ1) is 19.6. The minimum absolute atomic E-state index is 0.0850. The molecule has 5 nitrogen and oxygen atoms in total. The number of carbonyl (C=O) groups excluding carboxylic acids is 1. The van der Waals surface area contributed by atoms with Gasteiger partial charge in [0.25, 0.3) is 5.91 Å². The Morgan fingerprint density at radius 3 is 2.03 bits per heavy atom. The van der Waals surface area contributed by atoms with E-state index in [-0.39, 0.29) is 11.9 Å². The van der Waals surface area contributed by atoms with Crippen LogP contribution in [0.5, 0.6) is 0 Å². The van der Waals surface area contributed by atoms with Gasteiger partial charge in [-0.05, 0) is 61.7 Å². The minimum atomic E-state index is -0.0855. The highest BCUT2D eigenvalue weighted by atomic mass is 16.4. The summed E-state index contributed by atoms with van der Waals surface area (Å²) in [6.45, 7) is 2.03. The fourth-order valence-corrected chi connectivity index (χ4v) is 3.21. The maximum absolute atomic E-state index is 12.5. The molecule has 0 aliphatic heterocycles. The lowest BCUT2D eigenvalue weighted by Gasteiger charge is -2.14. The molecule has 1 amide bonds. The highest BCUT2D eigenvalue weighted by Crippen LogP contribution is 2.24. The van der Waals surface area contributed by atoms with Crippen LogP contribution in [0.3, 0.4) is 0 Å². The highest BCUT2D eigenvalue weighted by molar-refractivity contribution is 5.94. The van der Waals surface area contributed by atoms with Crippen LogP contribution < -0.4 is 5.32 Å². The number of rotatable bonds is 7. The number of amides is 1. The van der Waals surface area contributed by atoms with E-state index < -0.39 is 0 Å². The molecule has 4 aromatic rings. The molecule has 0 fully saturated rings. The molecule has 0 bridgehead atoms. The van der Waals surface area contributed by atoms with Gasteiger partial charge in [0, 0.05) is 22.7 Å². The summed E-state index contributed by atoms with van der Waals surface area (Å²) in [5.74, 6) is 0.814. The van der Waals surface area contributed by atoms with E-state index in [1.165, 1.54) is 5.56 Å². The van der Waals surface area contributed by atoms with Gasteiger partial charge in [0.1, 0.15) is 0 Å². The Labute approximate surface area is 175 Å². The number of hydrogen-bond donors (Lipinski definition) is 1. The summed E-state index contributed by atoms with van der Waals surface area (Å²) in [6.07, 6.45) is 1.82. The van der Waals surface area contributed by atoms with Crippen LogP contribution in [-0.2, 0) is 6.42 Å². The van der Waals surface area contributed by atoms with Crippen molar-refractivity contribution in [3.8, 4) is 22.9 Å². The predicted molar refractivity (Wildman–Crippen MR) is 117 cm³/mol. The van der Waals surface area contributed by atoms with E-state index in [2.05, 4.69) is 27.6 Å². The van der Waals surface area contributed by atoms with Crippen LogP contribution in [0.2, 0.25) is 0 Å². The van der Waals surface area contributed by atoms with Gasteiger partial charge in [0.05, 0.1) is 0 Å². The van der Waals surface area contributed by atoms with Gasteiger partial charge >= 0.3 is 0 Å². The van der Waals surface area contributed by atoms with Crippen molar-refractivity contribution in [3.05, 3.63) is 96.1 Å². The van der Waals surface area contributed by atoms with Gasteiger partial charge in [0.15, 0.2) is 0 Å². The second-order valence-electron chi connectivity index (χ2n) is 7.25. The molecule has 1 atom stereocenters. The Balaban J connectivity index is 1.36. The van der Waals surface area contributed by atoms with Gasteiger partial charge in [-0.2, -0.15) is 0 Å². The molecule has 0 radical (unpaired) electrons. The zero-order valence-corrected chi connectivity index (χ0v) is 16.8. The predicted octanol–water partition coefficient (Wildman–Crippen LogP) is 5.15. The number of hydrogen-bond acceptors (Lipinski definition) is 4. The largest absolute Gasteiger partial charge is 0.416 e. The SMILES string of the molecule is CC(CCc1ccccc1)NC(=O)c1ccc(-c2nnc(-c3ccccc3)o2)cc1. The average Bonchev–Trinajstić information content (AvgIpc) is 3.29. The Bertz CT molecular complexity index is 1090. The third kappa shape index (κ3) is 4.81. The molecule has 1 aromatic heterocycles. The first-order valence-electron chi connectivity index (χ1n) is 10.0. The van der Waals surface area contributed by atoms with Crippen molar-refractivity contribution in [2.75, 3.05) is 0 Å². The quantitative estimate of drug-likeness (QED) is 0.468. The van der Waals surface area contributed by atoms with Crippen molar-refractivity contribution >= 4 is 5.91 Å². The molecule has 0 aliphatic carbocycles. The summed E-state index contributed by atoms with van der Waals surface area (Å²) in [6, 6.07) is 27.2. The molecule has 0 spiro atoms. The zero-order valence-electron chi connectivity index (χ0n) is 16.8. The lowest BCUT2D eigenvalue weighted by Crippen LogP contribution is -2.32. The number of carbonyl (C=O) groups is 1. The van der Waals surface area contributed by atoms with Crippen LogP contribution >= 0.6 is 0 Å². The fraction of sp³-hybridized carbons (Fsp3) is 0.160. The molecule has 0 saturated heterocycles. The maximum Gasteiger partial charge on any atom is 0.251 e. The molecular weight excluding hydrogens is 374 g/mol. The first-order chi connectivity index (χ1) is 14.7. The summed E-state index contributed by atoms with van der Waals surface area (Å²) in [5.41, 5.74) is 3.53. The molecule has 1 unspecified atom stereocenters. The molecule has 4 rings (SSSR count). The number of nitrogens with one attached hydrogen (secondary N) is 1. The van der Waals surface area contributed by atoms with Crippen LogP contribution in [0.15, 0.2) is 89.3 Å². The van der Waals surface area contributed by atoms with E-state index in [9.17, 15) is 4.79 Å². The molecule has 0 saturated carbocycles. The van der Waals surface area contributed by atoms with Crippen LogP contribution in [0.4, 0.5) is 0 Å². The van der Waals surface area contributed by atoms with Crippen molar-refractivity contribution in [1.82, 2.24) is 15.5 Å². The van der Waals surface area contributed by atoms with Gasteiger partial charge < -0.3 is 9.73 Å². The summed E-state index contributed by atoms with van der Waals surface area (Å²) in [5, 5.41) is 11.3. The lowest BCUT2D eigenvalue weighted by atomic mass is 10.1. The number of aryl methyl sites for hydroxylation is 1. The Morgan fingerprint density at radius 2 is 1.40 bits per heavy atom. The van der Waals surface area contributed by atoms with E-state index in [4.69, 9.17) is 4.42 Å².